The van der Waals surface area contributed by atoms with Gasteiger partial charge >= 0.3 is 0 Å². The number of hydrogen-bond acceptors (Lipinski definition) is 6. The minimum Gasteiger partial charge on any atom is -0.372 e. The molecule has 1 fully saturated rings. The van der Waals surface area contributed by atoms with Crippen molar-refractivity contribution < 1.29 is 4.79 Å². The molecule has 1 aliphatic heterocycles. The predicted octanol–water partition coefficient (Wildman–Crippen LogP) is 2.32. The van der Waals surface area contributed by atoms with E-state index in [-0.39, 0.29) is 11.7 Å². The molecule has 0 atom stereocenters. The van der Waals surface area contributed by atoms with Crippen molar-refractivity contribution in [3.05, 3.63) is 24.3 Å². The molecule has 0 radical (unpaired) electrons. The summed E-state index contributed by atoms with van der Waals surface area (Å²) in [4.78, 5) is 14.5. The van der Waals surface area contributed by atoms with Gasteiger partial charge in [-0.05, 0) is 47.5 Å². The second-order valence-corrected chi connectivity index (χ2v) is 6.81. The van der Waals surface area contributed by atoms with Gasteiger partial charge in [-0.25, -0.2) is 4.68 Å². The fourth-order valence-electron chi connectivity index (χ4n) is 2.76. The number of carbonyl (C=O) groups is 1. The van der Waals surface area contributed by atoms with E-state index < -0.39 is 0 Å². The van der Waals surface area contributed by atoms with Crippen molar-refractivity contribution in [1.29, 1.82) is 0 Å². The molecule has 1 saturated heterocycles. The highest BCUT2D eigenvalue weighted by Crippen LogP contribution is 2.22. The van der Waals surface area contributed by atoms with Gasteiger partial charge in [0.05, 0.1) is 5.75 Å². The third kappa shape index (κ3) is 4.47. The number of anilines is 2. The van der Waals surface area contributed by atoms with Crippen molar-refractivity contribution in [2.24, 2.45) is 7.05 Å². The summed E-state index contributed by atoms with van der Waals surface area (Å²) in [7, 11) is 1.75. The Morgan fingerprint density at radius 2 is 1.88 bits per heavy atom. The summed E-state index contributed by atoms with van der Waals surface area (Å²) in [5.74, 6) is 0.216. The Morgan fingerprint density at radius 1 is 1.17 bits per heavy atom. The van der Waals surface area contributed by atoms with Crippen LogP contribution in [0.25, 0.3) is 0 Å². The molecule has 0 saturated carbocycles. The number of benzene rings is 1. The first kappa shape index (κ1) is 16.8. The number of rotatable bonds is 5. The largest absolute Gasteiger partial charge is 0.372 e. The van der Waals surface area contributed by atoms with E-state index in [0.717, 1.165) is 18.8 Å². The van der Waals surface area contributed by atoms with Gasteiger partial charge in [-0.1, -0.05) is 24.6 Å². The number of aryl methyl sites for hydroxylation is 1. The van der Waals surface area contributed by atoms with E-state index in [1.54, 1.807) is 11.7 Å². The van der Waals surface area contributed by atoms with E-state index in [2.05, 4.69) is 37.9 Å². The molecule has 1 aromatic heterocycles. The quantitative estimate of drug-likeness (QED) is 0.838. The predicted molar refractivity (Wildman–Crippen MR) is 95.3 cm³/mol. The SMILES string of the molecule is Cn1nnnc1SCC(=O)Nc1ccc(N2CCCCCC2)cc1. The Labute approximate surface area is 145 Å². The minimum absolute atomic E-state index is 0.0643. The molecule has 2 heterocycles. The molecule has 1 aromatic carbocycles. The molecule has 0 aliphatic carbocycles. The lowest BCUT2D eigenvalue weighted by Crippen LogP contribution is -2.23. The molecule has 128 valence electrons. The summed E-state index contributed by atoms with van der Waals surface area (Å²) in [6, 6.07) is 8.10. The van der Waals surface area contributed by atoms with E-state index in [1.807, 2.05) is 12.1 Å². The molecule has 1 amide bonds. The van der Waals surface area contributed by atoms with Gasteiger partial charge in [0.2, 0.25) is 11.1 Å². The van der Waals surface area contributed by atoms with Gasteiger partial charge in [-0.3, -0.25) is 4.79 Å². The molecule has 3 rings (SSSR count). The number of nitrogens with zero attached hydrogens (tertiary/aromatic N) is 5. The lowest BCUT2D eigenvalue weighted by molar-refractivity contribution is -0.113. The van der Waals surface area contributed by atoms with Crippen LogP contribution in [0, 0.1) is 0 Å². The van der Waals surface area contributed by atoms with Gasteiger partial charge in [0.15, 0.2) is 0 Å². The van der Waals surface area contributed by atoms with Crippen molar-refractivity contribution in [3.63, 3.8) is 0 Å². The van der Waals surface area contributed by atoms with E-state index >= 15 is 0 Å². The first-order chi connectivity index (χ1) is 11.7. The molecule has 24 heavy (non-hydrogen) atoms. The van der Waals surface area contributed by atoms with E-state index in [1.165, 1.54) is 43.1 Å². The van der Waals surface area contributed by atoms with E-state index in [9.17, 15) is 4.79 Å². The third-order valence-electron chi connectivity index (χ3n) is 4.04. The molecule has 8 heteroatoms. The second kappa shape index (κ2) is 8.14. The van der Waals surface area contributed by atoms with Crippen LogP contribution in [0.1, 0.15) is 25.7 Å². The first-order valence-corrected chi connectivity index (χ1v) is 9.21. The maximum atomic E-state index is 12.0. The zero-order valence-electron chi connectivity index (χ0n) is 13.8. The van der Waals surface area contributed by atoms with Gasteiger partial charge < -0.3 is 10.2 Å². The van der Waals surface area contributed by atoms with Crippen LogP contribution in [0.2, 0.25) is 0 Å². The maximum absolute atomic E-state index is 12.0. The lowest BCUT2D eigenvalue weighted by Gasteiger charge is -2.22. The Balaban J connectivity index is 1.51. The summed E-state index contributed by atoms with van der Waals surface area (Å²) in [5, 5.41) is 14.7. The van der Waals surface area contributed by atoms with Crippen molar-refractivity contribution in [3.8, 4) is 0 Å². The fourth-order valence-corrected chi connectivity index (χ4v) is 3.41. The summed E-state index contributed by atoms with van der Waals surface area (Å²) in [5.41, 5.74) is 2.05. The summed E-state index contributed by atoms with van der Waals surface area (Å²) in [6.07, 6.45) is 5.16. The van der Waals surface area contributed by atoms with E-state index in [0.29, 0.717) is 5.16 Å². The third-order valence-corrected chi connectivity index (χ3v) is 5.05. The second-order valence-electron chi connectivity index (χ2n) is 5.87. The number of thioether (sulfide) groups is 1. The Bertz CT molecular complexity index is 663. The van der Waals surface area contributed by atoms with Gasteiger partial charge in [0, 0.05) is 31.5 Å². The molecule has 0 spiro atoms. The van der Waals surface area contributed by atoms with Crippen molar-refractivity contribution in [2.45, 2.75) is 30.8 Å². The average Bonchev–Trinajstić information content (AvgIpc) is 2.84. The summed E-state index contributed by atoms with van der Waals surface area (Å²) in [6.45, 7) is 2.24. The molecular weight excluding hydrogens is 324 g/mol. The van der Waals surface area contributed by atoms with Crippen molar-refractivity contribution in [1.82, 2.24) is 20.2 Å². The smallest absolute Gasteiger partial charge is 0.234 e. The zero-order chi connectivity index (χ0) is 16.8. The highest BCUT2D eigenvalue weighted by atomic mass is 32.2. The molecule has 0 unspecified atom stereocenters. The van der Waals surface area contributed by atoms with Gasteiger partial charge in [0.25, 0.3) is 0 Å². The number of hydrogen-bond donors (Lipinski definition) is 1. The number of tetrazole rings is 1. The van der Waals surface area contributed by atoms with Crippen LogP contribution in [-0.4, -0.2) is 45.0 Å². The zero-order valence-corrected chi connectivity index (χ0v) is 14.6. The molecule has 7 nitrogen and oxygen atoms in total. The fraction of sp³-hybridized carbons (Fsp3) is 0.500. The van der Waals surface area contributed by atoms with Crippen LogP contribution in [0.4, 0.5) is 11.4 Å². The molecular formula is C16H22N6OS. The lowest BCUT2D eigenvalue weighted by atomic mass is 10.2. The standard InChI is InChI=1S/C16H22N6OS/c1-21-16(18-19-20-21)24-12-15(23)17-13-6-8-14(9-7-13)22-10-4-2-3-5-11-22/h6-9H,2-5,10-12H2,1H3,(H,17,23). The van der Waals surface area contributed by atoms with Crippen LogP contribution < -0.4 is 10.2 Å². The highest BCUT2D eigenvalue weighted by molar-refractivity contribution is 7.99. The number of carbonyl (C=O) groups excluding carboxylic acids is 1. The Hall–Kier alpha value is -2.09. The van der Waals surface area contributed by atoms with Crippen molar-refractivity contribution >= 4 is 29.0 Å². The van der Waals surface area contributed by atoms with Crippen molar-refractivity contribution in [2.75, 3.05) is 29.1 Å². The number of amides is 1. The Kier molecular flexibility index (Phi) is 5.68. The molecule has 1 aliphatic rings. The normalized spacial score (nSPS) is 15.1. The number of aromatic nitrogens is 4. The molecule has 1 N–H and O–H groups in total. The van der Waals surface area contributed by atoms with Gasteiger partial charge in [-0.2, -0.15) is 0 Å². The molecule has 0 bridgehead atoms. The monoisotopic (exact) mass is 346 g/mol. The van der Waals surface area contributed by atoms with Crippen LogP contribution in [0.5, 0.6) is 0 Å². The average molecular weight is 346 g/mol. The topological polar surface area (TPSA) is 75.9 Å². The minimum atomic E-state index is -0.0643. The first-order valence-electron chi connectivity index (χ1n) is 8.22. The van der Waals surface area contributed by atoms with Gasteiger partial charge in [-0.15, -0.1) is 5.10 Å². The summed E-state index contributed by atoms with van der Waals surface area (Å²) >= 11 is 1.32. The van der Waals surface area contributed by atoms with Crippen LogP contribution >= 0.6 is 11.8 Å². The van der Waals surface area contributed by atoms with E-state index in [4.69, 9.17) is 0 Å². The van der Waals surface area contributed by atoms with Gasteiger partial charge in [0.1, 0.15) is 0 Å². The Morgan fingerprint density at radius 3 is 2.50 bits per heavy atom. The highest BCUT2D eigenvalue weighted by Gasteiger charge is 2.11. The maximum Gasteiger partial charge on any atom is 0.234 e. The summed E-state index contributed by atoms with van der Waals surface area (Å²) < 4.78 is 1.55. The van der Waals surface area contributed by atoms with Crippen LogP contribution in [0.3, 0.4) is 0 Å². The number of nitrogens with one attached hydrogen (secondary N) is 1. The van der Waals surface area contributed by atoms with Crippen LogP contribution in [0.15, 0.2) is 29.4 Å². The van der Waals surface area contributed by atoms with Crippen LogP contribution in [-0.2, 0) is 11.8 Å². The molecule has 2 aromatic rings.